The van der Waals surface area contributed by atoms with E-state index in [1.807, 2.05) is 4.90 Å². The van der Waals surface area contributed by atoms with Crippen LogP contribution >= 0.6 is 0 Å². The lowest BCUT2D eigenvalue weighted by atomic mass is 9.98. The highest BCUT2D eigenvalue weighted by molar-refractivity contribution is 5.76. The van der Waals surface area contributed by atoms with Crippen molar-refractivity contribution in [2.75, 3.05) is 13.1 Å². The van der Waals surface area contributed by atoms with Crippen LogP contribution in [0.4, 0.5) is 0 Å². The van der Waals surface area contributed by atoms with E-state index >= 15 is 0 Å². The summed E-state index contributed by atoms with van der Waals surface area (Å²) in [7, 11) is 0. The molecule has 2 nitrogen and oxygen atoms in total. The minimum atomic E-state index is 0.367. The molecule has 1 fully saturated rings. The van der Waals surface area contributed by atoms with Crippen molar-refractivity contribution in [1.82, 2.24) is 4.90 Å². The monoisotopic (exact) mass is 197 g/mol. The van der Waals surface area contributed by atoms with Gasteiger partial charge in [0.2, 0.25) is 5.91 Å². The quantitative estimate of drug-likeness (QED) is 0.681. The SMILES string of the molecule is CCC(C)CC(=O)N1CCC(C)CC1. The van der Waals surface area contributed by atoms with Crippen molar-refractivity contribution in [3.8, 4) is 0 Å². The van der Waals surface area contributed by atoms with E-state index in [1.165, 1.54) is 12.8 Å². The summed E-state index contributed by atoms with van der Waals surface area (Å²) in [6, 6.07) is 0. The number of carbonyl (C=O) groups is 1. The van der Waals surface area contributed by atoms with Crippen LogP contribution in [0.5, 0.6) is 0 Å². The number of carbonyl (C=O) groups excluding carboxylic acids is 1. The molecule has 1 rings (SSSR count). The molecule has 0 saturated carbocycles. The Labute approximate surface area is 87.7 Å². The summed E-state index contributed by atoms with van der Waals surface area (Å²) in [6.07, 6.45) is 4.22. The lowest BCUT2D eigenvalue weighted by molar-refractivity contribution is -0.133. The molecule has 0 aromatic carbocycles. The topological polar surface area (TPSA) is 20.3 Å². The largest absolute Gasteiger partial charge is 0.343 e. The zero-order chi connectivity index (χ0) is 10.6. The van der Waals surface area contributed by atoms with Crippen molar-refractivity contribution >= 4 is 5.91 Å². The second kappa shape index (κ2) is 5.38. The first kappa shape index (κ1) is 11.5. The van der Waals surface area contributed by atoms with E-state index in [0.717, 1.165) is 31.8 Å². The van der Waals surface area contributed by atoms with Crippen molar-refractivity contribution in [3.63, 3.8) is 0 Å². The molecule has 1 aliphatic rings. The zero-order valence-corrected chi connectivity index (χ0v) is 9.75. The molecule has 0 radical (unpaired) electrons. The molecule has 1 unspecified atom stereocenters. The zero-order valence-electron chi connectivity index (χ0n) is 9.75. The van der Waals surface area contributed by atoms with Crippen LogP contribution in [0.1, 0.15) is 46.5 Å². The average molecular weight is 197 g/mol. The lowest BCUT2D eigenvalue weighted by Crippen LogP contribution is -2.38. The summed E-state index contributed by atoms with van der Waals surface area (Å²) in [6.45, 7) is 8.55. The van der Waals surface area contributed by atoms with E-state index < -0.39 is 0 Å². The van der Waals surface area contributed by atoms with Gasteiger partial charge in [0.25, 0.3) is 0 Å². The number of nitrogens with zero attached hydrogens (tertiary/aromatic N) is 1. The van der Waals surface area contributed by atoms with Crippen LogP contribution in [-0.4, -0.2) is 23.9 Å². The third-order valence-corrected chi connectivity index (χ3v) is 3.36. The number of hydrogen-bond donors (Lipinski definition) is 0. The molecule has 0 N–H and O–H groups in total. The van der Waals surface area contributed by atoms with Gasteiger partial charge < -0.3 is 4.90 Å². The fourth-order valence-corrected chi connectivity index (χ4v) is 1.83. The molecule has 82 valence electrons. The number of hydrogen-bond acceptors (Lipinski definition) is 1. The van der Waals surface area contributed by atoms with Crippen LogP contribution < -0.4 is 0 Å². The fraction of sp³-hybridized carbons (Fsp3) is 0.917. The van der Waals surface area contributed by atoms with Crippen molar-refractivity contribution in [1.29, 1.82) is 0 Å². The second-order valence-electron chi connectivity index (χ2n) is 4.78. The van der Waals surface area contributed by atoms with Crippen LogP contribution in [0.25, 0.3) is 0 Å². The van der Waals surface area contributed by atoms with Gasteiger partial charge in [0, 0.05) is 19.5 Å². The van der Waals surface area contributed by atoms with Gasteiger partial charge in [0.1, 0.15) is 0 Å². The standard InChI is InChI=1S/C12H23NO/c1-4-10(2)9-12(14)13-7-5-11(3)6-8-13/h10-11H,4-9H2,1-3H3. The van der Waals surface area contributed by atoms with Crippen LogP contribution in [0.15, 0.2) is 0 Å². The third kappa shape index (κ3) is 3.32. The molecule has 0 aliphatic carbocycles. The van der Waals surface area contributed by atoms with Crippen LogP contribution in [0, 0.1) is 11.8 Å². The first-order chi connectivity index (χ1) is 6.63. The van der Waals surface area contributed by atoms with Gasteiger partial charge in [-0.1, -0.05) is 27.2 Å². The highest BCUT2D eigenvalue weighted by Gasteiger charge is 2.20. The van der Waals surface area contributed by atoms with Crippen molar-refractivity contribution in [3.05, 3.63) is 0 Å². The van der Waals surface area contributed by atoms with Gasteiger partial charge in [-0.15, -0.1) is 0 Å². The second-order valence-corrected chi connectivity index (χ2v) is 4.78. The maximum absolute atomic E-state index is 11.8. The predicted octanol–water partition coefficient (Wildman–Crippen LogP) is 2.68. The van der Waals surface area contributed by atoms with Gasteiger partial charge in [-0.25, -0.2) is 0 Å². The number of likely N-dealkylation sites (tertiary alicyclic amines) is 1. The van der Waals surface area contributed by atoms with E-state index in [0.29, 0.717) is 11.8 Å². The minimum absolute atomic E-state index is 0.367. The molecular formula is C12H23NO. The first-order valence-electron chi connectivity index (χ1n) is 5.91. The molecule has 1 saturated heterocycles. The number of rotatable bonds is 3. The molecule has 1 amide bonds. The molecule has 1 heterocycles. The van der Waals surface area contributed by atoms with Crippen LogP contribution in [0.2, 0.25) is 0 Å². The Hall–Kier alpha value is -0.530. The predicted molar refractivity (Wildman–Crippen MR) is 59.1 cm³/mol. The maximum Gasteiger partial charge on any atom is 0.222 e. The Morgan fingerprint density at radius 1 is 1.43 bits per heavy atom. The Balaban J connectivity index is 2.30. The molecule has 0 aromatic rings. The number of amides is 1. The third-order valence-electron chi connectivity index (χ3n) is 3.36. The van der Waals surface area contributed by atoms with Gasteiger partial charge >= 0.3 is 0 Å². The molecule has 0 spiro atoms. The van der Waals surface area contributed by atoms with Gasteiger partial charge in [-0.3, -0.25) is 4.79 Å². The average Bonchev–Trinajstić information content (AvgIpc) is 2.18. The van der Waals surface area contributed by atoms with Crippen LogP contribution in [-0.2, 0) is 4.79 Å². The molecule has 1 aliphatic heterocycles. The van der Waals surface area contributed by atoms with Gasteiger partial charge in [-0.2, -0.15) is 0 Å². The fourth-order valence-electron chi connectivity index (χ4n) is 1.83. The van der Waals surface area contributed by atoms with E-state index in [2.05, 4.69) is 20.8 Å². The lowest BCUT2D eigenvalue weighted by Gasteiger charge is -2.31. The number of piperidine rings is 1. The minimum Gasteiger partial charge on any atom is -0.343 e. The summed E-state index contributed by atoms with van der Waals surface area (Å²) in [5, 5.41) is 0. The molecule has 2 heteroatoms. The highest BCUT2D eigenvalue weighted by atomic mass is 16.2. The summed E-state index contributed by atoms with van der Waals surface area (Å²) in [5.74, 6) is 1.72. The molecule has 0 aromatic heterocycles. The smallest absolute Gasteiger partial charge is 0.222 e. The normalized spacial score (nSPS) is 20.9. The molecular weight excluding hydrogens is 174 g/mol. The van der Waals surface area contributed by atoms with E-state index in [-0.39, 0.29) is 0 Å². The Morgan fingerprint density at radius 3 is 2.50 bits per heavy atom. The molecule has 14 heavy (non-hydrogen) atoms. The van der Waals surface area contributed by atoms with E-state index in [4.69, 9.17) is 0 Å². The van der Waals surface area contributed by atoms with Crippen LogP contribution in [0.3, 0.4) is 0 Å². The van der Waals surface area contributed by atoms with Crippen molar-refractivity contribution in [2.45, 2.75) is 46.5 Å². The Kier molecular flexibility index (Phi) is 4.43. The van der Waals surface area contributed by atoms with E-state index in [9.17, 15) is 4.79 Å². The highest BCUT2D eigenvalue weighted by Crippen LogP contribution is 2.18. The van der Waals surface area contributed by atoms with Gasteiger partial charge in [0.15, 0.2) is 0 Å². The molecule has 0 bridgehead atoms. The van der Waals surface area contributed by atoms with Gasteiger partial charge in [0.05, 0.1) is 0 Å². The Morgan fingerprint density at radius 2 is 2.00 bits per heavy atom. The van der Waals surface area contributed by atoms with Crippen molar-refractivity contribution < 1.29 is 4.79 Å². The molecule has 1 atom stereocenters. The van der Waals surface area contributed by atoms with Crippen molar-refractivity contribution in [2.24, 2.45) is 11.8 Å². The Bertz CT molecular complexity index is 183. The summed E-state index contributed by atoms with van der Waals surface area (Å²) in [4.78, 5) is 13.8. The summed E-state index contributed by atoms with van der Waals surface area (Å²) < 4.78 is 0. The maximum atomic E-state index is 11.8. The first-order valence-corrected chi connectivity index (χ1v) is 5.91. The van der Waals surface area contributed by atoms with E-state index in [1.54, 1.807) is 0 Å². The summed E-state index contributed by atoms with van der Waals surface area (Å²) >= 11 is 0. The summed E-state index contributed by atoms with van der Waals surface area (Å²) in [5.41, 5.74) is 0. The van der Waals surface area contributed by atoms with Gasteiger partial charge in [-0.05, 0) is 24.7 Å².